The highest BCUT2D eigenvalue weighted by Gasteiger charge is 2.34. The number of rotatable bonds is 7. The number of esters is 1. The van der Waals surface area contributed by atoms with E-state index in [4.69, 9.17) is 14.2 Å². The average Bonchev–Trinajstić information content (AvgIpc) is 3.29. The van der Waals surface area contributed by atoms with Crippen molar-refractivity contribution in [2.24, 2.45) is 0 Å². The van der Waals surface area contributed by atoms with E-state index in [1.54, 1.807) is 7.11 Å². The number of hydrogen-bond acceptors (Lipinski definition) is 7. The van der Waals surface area contributed by atoms with Crippen molar-refractivity contribution in [3.63, 3.8) is 0 Å². The Kier molecular flexibility index (Phi) is 5.71. The van der Waals surface area contributed by atoms with E-state index in [0.29, 0.717) is 23.2 Å². The smallest absolute Gasteiger partial charge is 0.319 e. The van der Waals surface area contributed by atoms with E-state index in [1.165, 1.54) is 11.8 Å². The zero-order valence-electron chi connectivity index (χ0n) is 16.1. The topological polar surface area (TPSA) is 75.5 Å². The molecule has 0 saturated carbocycles. The zero-order chi connectivity index (χ0) is 20.2. The van der Waals surface area contributed by atoms with Crippen molar-refractivity contribution in [2.45, 2.75) is 36.5 Å². The molecule has 2 atom stereocenters. The maximum atomic E-state index is 12.1. The summed E-state index contributed by atoms with van der Waals surface area (Å²) < 4.78 is 18.3. The van der Waals surface area contributed by atoms with E-state index in [9.17, 15) is 4.79 Å². The molecule has 0 spiro atoms. The Bertz CT molecular complexity index is 975. The van der Waals surface area contributed by atoms with Gasteiger partial charge in [-0.1, -0.05) is 30.0 Å². The van der Waals surface area contributed by atoms with Gasteiger partial charge >= 0.3 is 5.97 Å². The maximum absolute atomic E-state index is 12.1. The van der Waals surface area contributed by atoms with Gasteiger partial charge in [-0.15, -0.1) is 10.2 Å². The lowest BCUT2D eigenvalue weighted by molar-refractivity contribution is -0.140. The van der Waals surface area contributed by atoms with E-state index >= 15 is 0 Å². The minimum Gasteiger partial charge on any atom is -0.497 e. The van der Waals surface area contributed by atoms with E-state index in [-0.39, 0.29) is 23.9 Å². The summed E-state index contributed by atoms with van der Waals surface area (Å²) in [6.07, 6.45) is 0.578. The Morgan fingerprint density at radius 1 is 1.10 bits per heavy atom. The van der Waals surface area contributed by atoms with Crippen LogP contribution in [-0.4, -0.2) is 39.2 Å². The largest absolute Gasteiger partial charge is 0.497 e. The molecule has 0 radical (unpaired) electrons. The van der Waals surface area contributed by atoms with Gasteiger partial charge < -0.3 is 14.2 Å². The lowest BCUT2D eigenvalue weighted by Gasteiger charge is -2.12. The highest BCUT2D eigenvalue weighted by molar-refractivity contribution is 8.00. The van der Waals surface area contributed by atoms with Crippen LogP contribution in [0.15, 0.2) is 59.8 Å². The van der Waals surface area contributed by atoms with Crippen LogP contribution in [0.25, 0.3) is 5.69 Å². The molecule has 1 saturated heterocycles. The van der Waals surface area contributed by atoms with Crippen LogP contribution in [0.4, 0.5) is 0 Å². The van der Waals surface area contributed by atoms with Gasteiger partial charge in [-0.25, -0.2) is 0 Å². The molecule has 3 aromatic rings. The molecular weight excluding hydrogens is 390 g/mol. The van der Waals surface area contributed by atoms with Crippen molar-refractivity contribution in [3.8, 4) is 17.2 Å². The summed E-state index contributed by atoms with van der Waals surface area (Å²) in [4.78, 5) is 12.1. The Labute approximate surface area is 173 Å². The Balaban J connectivity index is 1.58. The van der Waals surface area contributed by atoms with Crippen molar-refractivity contribution in [3.05, 3.63) is 60.4 Å². The molecule has 0 unspecified atom stereocenters. The molecule has 2 heterocycles. The van der Waals surface area contributed by atoms with E-state index in [1.807, 2.05) is 66.1 Å². The summed E-state index contributed by atoms with van der Waals surface area (Å²) in [6.45, 7) is 2.13. The number of hydrogen-bond donors (Lipinski definition) is 0. The summed E-state index contributed by atoms with van der Waals surface area (Å²) >= 11 is 1.37. The van der Waals surface area contributed by atoms with Crippen LogP contribution < -0.4 is 9.47 Å². The molecule has 0 amide bonds. The molecule has 29 heavy (non-hydrogen) atoms. The first-order valence-corrected chi connectivity index (χ1v) is 10.2. The van der Waals surface area contributed by atoms with Crippen LogP contribution in [0.3, 0.4) is 0 Å². The fourth-order valence-electron chi connectivity index (χ4n) is 3.07. The molecular formula is C21H21N3O4S. The third-order valence-electron chi connectivity index (χ3n) is 4.52. The average molecular weight is 411 g/mol. The minimum atomic E-state index is -0.285. The van der Waals surface area contributed by atoms with Crippen LogP contribution in [0, 0.1) is 0 Å². The number of carbonyl (C=O) groups is 1. The Hall–Kier alpha value is -3.00. The number of nitrogens with zero attached hydrogens (tertiary/aromatic N) is 3. The van der Waals surface area contributed by atoms with E-state index < -0.39 is 0 Å². The molecule has 0 bridgehead atoms. The van der Waals surface area contributed by atoms with Gasteiger partial charge in [0.25, 0.3) is 0 Å². The number of methoxy groups -OCH3 is 1. The first-order chi connectivity index (χ1) is 14.1. The molecule has 1 fully saturated rings. The molecule has 150 valence electrons. The second-order valence-corrected chi connectivity index (χ2v) is 7.79. The molecule has 4 rings (SSSR count). The molecule has 2 aromatic carbocycles. The third-order valence-corrected chi connectivity index (χ3v) is 5.66. The molecule has 0 aliphatic carbocycles. The summed E-state index contributed by atoms with van der Waals surface area (Å²) in [7, 11) is 1.62. The standard InChI is InChI=1S/C21H21N3O4S/c1-14-12-18(20(25)28-14)29-21-23-22-19(24(21)15-6-4-3-5-7-15)13-27-17-10-8-16(26-2)9-11-17/h3-11,14,18H,12-13H2,1-2H3/t14-,18+/m1/s1. The fraction of sp³-hybridized carbons (Fsp3) is 0.286. The van der Waals surface area contributed by atoms with Crippen molar-refractivity contribution in [2.75, 3.05) is 7.11 Å². The predicted octanol–water partition coefficient (Wildman–Crippen LogP) is 3.65. The monoisotopic (exact) mass is 411 g/mol. The number of cyclic esters (lactones) is 1. The van der Waals surface area contributed by atoms with Crippen molar-refractivity contribution < 1.29 is 19.0 Å². The summed E-state index contributed by atoms with van der Waals surface area (Å²) in [5.41, 5.74) is 0.910. The zero-order valence-corrected chi connectivity index (χ0v) is 17.0. The lowest BCUT2D eigenvalue weighted by atomic mass is 10.3. The molecule has 1 aromatic heterocycles. The second-order valence-electron chi connectivity index (χ2n) is 6.62. The van der Waals surface area contributed by atoms with E-state index in [0.717, 1.165) is 11.4 Å². The minimum absolute atomic E-state index is 0.0778. The van der Waals surface area contributed by atoms with Gasteiger partial charge in [-0.3, -0.25) is 9.36 Å². The Morgan fingerprint density at radius 3 is 2.48 bits per heavy atom. The van der Waals surface area contributed by atoms with Crippen molar-refractivity contribution in [1.29, 1.82) is 0 Å². The van der Waals surface area contributed by atoms with Gasteiger partial charge in [-0.05, 0) is 43.3 Å². The Morgan fingerprint density at radius 2 is 1.83 bits per heavy atom. The number of thioether (sulfide) groups is 1. The number of benzene rings is 2. The first kappa shape index (κ1) is 19.3. The normalized spacial score (nSPS) is 18.5. The summed E-state index contributed by atoms with van der Waals surface area (Å²) in [6, 6.07) is 17.1. The number of aromatic nitrogens is 3. The van der Waals surface area contributed by atoms with Crippen LogP contribution in [0.5, 0.6) is 11.5 Å². The fourth-order valence-corrected chi connectivity index (χ4v) is 4.25. The van der Waals surface area contributed by atoms with Crippen molar-refractivity contribution >= 4 is 17.7 Å². The van der Waals surface area contributed by atoms with Crippen LogP contribution in [-0.2, 0) is 16.1 Å². The quantitative estimate of drug-likeness (QED) is 0.549. The summed E-state index contributed by atoms with van der Waals surface area (Å²) in [5.74, 6) is 1.91. The summed E-state index contributed by atoms with van der Waals surface area (Å²) in [5, 5.41) is 9.00. The highest BCUT2D eigenvalue weighted by atomic mass is 32.2. The van der Waals surface area contributed by atoms with Gasteiger partial charge in [0.15, 0.2) is 11.0 Å². The molecule has 1 aliphatic heterocycles. The van der Waals surface area contributed by atoms with Gasteiger partial charge in [0, 0.05) is 12.1 Å². The molecule has 0 N–H and O–H groups in total. The number of ether oxygens (including phenoxy) is 3. The van der Waals surface area contributed by atoms with Crippen LogP contribution >= 0.6 is 11.8 Å². The van der Waals surface area contributed by atoms with Gasteiger partial charge in [0.05, 0.1) is 7.11 Å². The van der Waals surface area contributed by atoms with Gasteiger partial charge in [0.1, 0.15) is 29.5 Å². The maximum Gasteiger partial charge on any atom is 0.319 e. The van der Waals surface area contributed by atoms with Gasteiger partial charge in [-0.2, -0.15) is 0 Å². The van der Waals surface area contributed by atoms with Gasteiger partial charge in [0.2, 0.25) is 0 Å². The van der Waals surface area contributed by atoms with Crippen LogP contribution in [0.2, 0.25) is 0 Å². The lowest BCUT2D eigenvalue weighted by Crippen LogP contribution is -2.12. The molecule has 1 aliphatic rings. The predicted molar refractivity (Wildman–Crippen MR) is 109 cm³/mol. The van der Waals surface area contributed by atoms with Crippen molar-refractivity contribution in [1.82, 2.24) is 14.8 Å². The third kappa shape index (κ3) is 4.37. The molecule has 7 nitrogen and oxygen atoms in total. The van der Waals surface area contributed by atoms with Crippen LogP contribution in [0.1, 0.15) is 19.2 Å². The molecule has 8 heteroatoms. The van der Waals surface area contributed by atoms with E-state index in [2.05, 4.69) is 10.2 Å². The highest BCUT2D eigenvalue weighted by Crippen LogP contribution is 2.33. The second kappa shape index (κ2) is 8.57. The number of para-hydroxylation sites is 1. The first-order valence-electron chi connectivity index (χ1n) is 9.28. The number of carbonyl (C=O) groups excluding carboxylic acids is 1. The SMILES string of the molecule is COc1ccc(OCc2nnc(S[C@H]3C[C@@H](C)OC3=O)n2-c2ccccc2)cc1.